The molecular weight excluding hydrogens is 955 g/mol. The number of hydrogen-bond donors (Lipinski definition) is 0. The lowest BCUT2D eigenvalue weighted by atomic mass is 9.70. The van der Waals surface area contributed by atoms with Crippen LogP contribution in [0.3, 0.4) is 0 Å². The van der Waals surface area contributed by atoms with E-state index in [2.05, 4.69) is 178 Å². The van der Waals surface area contributed by atoms with Crippen molar-refractivity contribution in [3.05, 3.63) is 291 Å². The zero-order valence-electron chi connectivity index (χ0n) is 45.1. The van der Waals surface area contributed by atoms with Gasteiger partial charge in [0.1, 0.15) is 0 Å². The fourth-order valence-electron chi connectivity index (χ4n) is 13.3. The van der Waals surface area contributed by atoms with Crippen molar-refractivity contribution in [2.24, 2.45) is 0 Å². The highest BCUT2D eigenvalue weighted by atomic mass is 16.1. The molecule has 0 fully saturated rings. The van der Waals surface area contributed by atoms with E-state index in [1.165, 1.54) is 44.8 Å². The van der Waals surface area contributed by atoms with Gasteiger partial charge in [-0.15, -0.1) is 0 Å². The molecule has 8 aromatic rings. The maximum atomic E-state index is 14.9. The summed E-state index contributed by atoms with van der Waals surface area (Å²) in [7, 11) is 0. The van der Waals surface area contributed by atoms with E-state index in [-0.39, 0.29) is 50.3 Å². The van der Waals surface area contributed by atoms with Crippen LogP contribution in [-0.4, -0.2) is 17.3 Å². The molecule has 0 atom stereocenters. The van der Waals surface area contributed by atoms with E-state index in [9.17, 15) is 14.4 Å². The van der Waals surface area contributed by atoms with E-state index in [4.69, 9.17) is 0 Å². The van der Waals surface area contributed by atoms with Crippen LogP contribution in [0.5, 0.6) is 0 Å². The summed E-state index contributed by atoms with van der Waals surface area (Å²) >= 11 is 0. The molecular formula is C72H61N3O3. The van der Waals surface area contributed by atoms with Crippen LogP contribution in [0.25, 0.3) is 0 Å². The van der Waals surface area contributed by atoms with E-state index in [1.807, 2.05) is 72.8 Å². The van der Waals surface area contributed by atoms with Crippen LogP contribution in [0.4, 0.5) is 39.8 Å². The summed E-state index contributed by atoms with van der Waals surface area (Å²) < 4.78 is 0. The Morgan fingerprint density at radius 1 is 0.333 bits per heavy atom. The van der Waals surface area contributed by atoms with Crippen molar-refractivity contribution >= 4 is 57.2 Å². The van der Waals surface area contributed by atoms with Crippen molar-refractivity contribution in [3.63, 3.8) is 0 Å². The maximum Gasteiger partial charge on any atom is 0.193 e. The minimum atomic E-state index is -0.288. The molecule has 0 radical (unpaired) electrons. The summed E-state index contributed by atoms with van der Waals surface area (Å²) in [4.78, 5) is 51.7. The van der Waals surface area contributed by atoms with Gasteiger partial charge in [-0.2, -0.15) is 0 Å². The molecule has 8 aromatic carbocycles. The van der Waals surface area contributed by atoms with E-state index >= 15 is 0 Å². The molecule has 2 aliphatic carbocycles. The van der Waals surface area contributed by atoms with Gasteiger partial charge in [0.05, 0.1) is 22.7 Å². The number of carbonyl (C=O) groups excluding carboxylic acids is 3. The van der Waals surface area contributed by atoms with E-state index < -0.39 is 0 Å². The number of allylic oxidation sites excluding steroid dienone is 6. The summed E-state index contributed by atoms with van der Waals surface area (Å²) in [5, 5.41) is 0. The van der Waals surface area contributed by atoms with E-state index in [1.54, 1.807) is 18.2 Å². The molecule has 6 nitrogen and oxygen atoms in total. The maximum absolute atomic E-state index is 14.9. The highest BCUT2D eigenvalue weighted by Crippen LogP contribution is 2.54. The zero-order valence-corrected chi connectivity index (χ0v) is 45.1. The Morgan fingerprint density at radius 3 is 0.949 bits per heavy atom. The average molecular weight is 1020 g/mol. The van der Waals surface area contributed by atoms with Gasteiger partial charge in [0.2, 0.25) is 0 Å². The summed E-state index contributed by atoms with van der Waals surface area (Å²) in [6, 6.07) is 62.2. The molecule has 0 saturated heterocycles. The van der Waals surface area contributed by atoms with Crippen molar-refractivity contribution in [1.82, 2.24) is 0 Å². The van der Waals surface area contributed by atoms with Gasteiger partial charge in [-0.05, 0) is 186 Å². The standard InChI is InChI=1S/C72H61N3O3/c1-70(2)55-19-7-13-25-61(55)73(62-26-14-8-20-56(62)70)52-37-31-46(32-38-52)67(76)49-43-50(68(77)47-33-39-53(40-34-47)74-63-27-15-9-21-57(63)71(3,4)58-22-10-16-28-64(58)74)45-51(44-49)69(78)48-35-41-54(42-36-48)75-65-29-17-11-23-59(65)72(5,6)60-24-12-18-30-66(60)75/h7-9,11,13-21,23,25-45H,10,12,22,24H2,1-6H3. The monoisotopic (exact) mass is 1020 g/mol. The number of anilines is 7. The largest absolute Gasteiger partial charge is 0.310 e. The van der Waals surface area contributed by atoms with Gasteiger partial charge in [-0.25, -0.2) is 0 Å². The highest BCUT2D eigenvalue weighted by molar-refractivity contribution is 6.17. The normalized spacial score (nSPS) is 17.1. The zero-order chi connectivity index (χ0) is 53.7. The Labute approximate surface area is 458 Å². The topological polar surface area (TPSA) is 60.9 Å². The van der Waals surface area contributed by atoms with E-state index in [0.717, 1.165) is 65.5 Å². The fraction of sp³-hybridized carbons (Fsp3) is 0.181. The van der Waals surface area contributed by atoms with Gasteiger partial charge >= 0.3 is 0 Å². The van der Waals surface area contributed by atoms with Gasteiger partial charge in [-0.1, -0.05) is 126 Å². The first-order chi connectivity index (χ1) is 37.7. The van der Waals surface area contributed by atoms with Crippen LogP contribution < -0.4 is 14.7 Å². The highest BCUT2D eigenvalue weighted by Gasteiger charge is 2.41. The molecule has 0 saturated carbocycles. The van der Waals surface area contributed by atoms with E-state index in [0.29, 0.717) is 16.7 Å². The quantitative estimate of drug-likeness (QED) is 0.134. The van der Waals surface area contributed by atoms with Gasteiger partial charge in [0.15, 0.2) is 17.3 Å². The summed E-state index contributed by atoms with van der Waals surface area (Å²) in [5.41, 5.74) is 19.0. The van der Waals surface area contributed by atoms with Crippen molar-refractivity contribution in [2.75, 3.05) is 14.7 Å². The third-order valence-electron chi connectivity index (χ3n) is 17.4. The van der Waals surface area contributed by atoms with Gasteiger partial charge < -0.3 is 14.7 Å². The minimum Gasteiger partial charge on any atom is -0.310 e. The molecule has 382 valence electrons. The predicted molar refractivity (Wildman–Crippen MR) is 317 cm³/mol. The molecule has 0 N–H and O–H groups in total. The first-order valence-electron chi connectivity index (χ1n) is 27.4. The van der Waals surface area contributed by atoms with Gasteiger partial charge in [0, 0.05) is 78.1 Å². The van der Waals surface area contributed by atoms with Crippen LogP contribution in [0.2, 0.25) is 0 Å². The number of hydrogen-bond acceptors (Lipinski definition) is 6. The molecule has 78 heavy (non-hydrogen) atoms. The molecule has 3 heterocycles. The van der Waals surface area contributed by atoms with Crippen LogP contribution in [-0.2, 0) is 16.2 Å². The summed E-state index contributed by atoms with van der Waals surface area (Å²) in [6.07, 6.45) is 12.9. The molecule has 5 aliphatic rings. The molecule has 0 unspecified atom stereocenters. The number of fused-ring (bicyclic) bond motifs is 4. The summed E-state index contributed by atoms with van der Waals surface area (Å²) in [5.74, 6) is -0.852. The molecule has 0 bridgehead atoms. The fourth-order valence-corrected chi connectivity index (χ4v) is 13.3. The number of nitrogens with zero attached hydrogens (tertiary/aromatic N) is 3. The second-order valence-corrected chi connectivity index (χ2v) is 23.0. The Morgan fingerprint density at radius 2 is 0.615 bits per heavy atom. The lowest BCUT2D eigenvalue weighted by molar-refractivity contribution is 0.103. The molecule has 6 heteroatoms. The number of para-hydroxylation sites is 4. The second-order valence-electron chi connectivity index (χ2n) is 23.0. The molecule has 13 rings (SSSR count). The average Bonchev–Trinajstić information content (AvgIpc) is 3.54. The molecule has 0 spiro atoms. The Hall–Kier alpha value is -8.87. The third kappa shape index (κ3) is 7.71. The predicted octanol–water partition coefficient (Wildman–Crippen LogP) is 17.6. The Bertz CT molecular complexity index is 3720. The number of rotatable bonds is 9. The molecule has 0 amide bonds. The number of ketones is 3. The summed E-state index contributed by atoms with van der Waals surface area (Å²) in [6.45, 7) is 13.8. The lowest BCUT2D eigenvalue weighted by Gasteiger charge is -2.44. The second kappa shape index (κ2) is 18.4. The Balaban J connectivity index is 0.865. The van der Waals surface area contributed by atoms with Gasteiger partial charge in [-0.3, -0.25) is 14.4 Å². The minimum absolute atomic E-state index is 0.126. The first-order valence-corrected chi connectivity index (χ1v) is 27.4. The van der Waals surface area contributed by atoms with Crippen molar-refractivity contribution in [2.45, 2.75) is 83.5 Å². The first kappa shape index (κ1) is 48.8. The molecule has 0 aromatic heterocycles. The van der Waals surface area contributed by atoms with Crippen molar-refractivity contribution in [3.8, 4) is 0 Å². The van der Waals surface area contributed by atoms with Gasteiger partial charge in [0.25, 0.3) is 0 Å². The molecule has 3 aliphatic heterocycles. The van der Waals surface area contributed by atoms with Crippen LogP contribution in [0.15, 0.2) is 235 Å². The number of benzene rings is 8. The van der Waals surface area contributed by atoms with Crippen LogP contribution in [0.1, 0.15) is 137 Å². The third-order valence-corrected chi connectivity index (χ3v) is 17.4. The Kier molecular flexibility index (Phi) is 11.5. The van der Waals surface area contributed by atoms with Crippen molar-refractivity contribution in [1.29, 1.82) is 0 Å². The lowest BCUT2D eigenvalue weighted by Crippen LogP contribution is -2.34. The smallest absolute Gasteiger partial charge is 0.193 e. The van der Waals surface area contributed by atoms with Crippen molar-refractivity contribution < 1.29 is 14.4 Å². The van der Waals surface area contributed by atoms with Crippen LogP contribution >= 0.6 is 0 Å². The SMILES string of the molecule is CC1(C)C2=C(C=CCC2)N(c2ccc(C(=O)c3cc(C(=O)c4ccc(N5C6=C(CCC=C6)C(C)(C)c6ccccc65)cc4)cc(C(=O)c4ccc(N5c6ccccc6C(C)(C)c6ccccc65)cc4)c3)cc2)c2ccccc21. The number of carbonyl (C=O) groups is 3. The van der Waals surface area contributed by atoms with Crippen LogP contribution in [0, 0.1) is 0 Å².